The molecule has 0 saturated carbocycles. The number of benzene rings is 2. The van der Waals surface area contributed by atoms with Gasteiger partial charge in [0.05, 0.1) is 6.04 Å². The van der Waals surface area contributed by atoms with Crippen LogP contribution in [0.4, 0.5) is 8.78 Å². The summed E-state index contributed by atoms with van der Waals surface area (Å²) in [6.45, 7) is 0. The molecule has 0 aliphatic rings. The molecule has 0 fully saturated rings. The topological polar surface area (TPSA) is 38.9 Å². The van der Waals surface area contributed by atoms with Crippen molar-refractivity contribution in [2.75, 3.05) is 0 Å². The predicted octanol–water partition coefficient (Wildman–Crippen LogP) is 3.56. The van der Waals surface area contributed by atoms with Gasteiger partial charge in [-0.25, -0.2) is 8.78 Å². The van der Waals surface area contributed by atoms with Crippen LogP contribution in [0, 0.1) is 11.6 Å². The number of rotatable bonds is 2. The molecule has 0 amide bonds. The fraction of sp³-hybridized carbons (Fsp3) is 0.0625. The maximum absolute atomic E-state index is 13.9. The van der Waals surface area contributed by atoms with E-state index in [0.717, 1.165) is 22.4 Å². The maximum Gasteiger partial charge on any atom is 0.131 e. The summed E-state index contributed by atoms with van der Waals surface area (Å²) in [5, 5.41) is 1.85. The van der Waals surface area contributed by atoms with Crippen molar-refractivity contribution < 1.29 is 8.78 Å². The van der Waals surface area contributed by atoms with Crippen molar-refractivity contribution in [3.05, 3.63) is 77.6 Å². The van der Waals surface area contributed by atoms with E-state index in [1.165, 1.54) is 12.1 Å². The van der Waals surface area contributed by atoms with Gasteiger partial charge in [-0.3, -0.25) is 4.98 Å². The van der Waals surface area contributed by atoms with Crippen LogP contribution in [0.15, 0.2) is 54.9 Å². The minimum absolute atomic E-state index is 0.266. The van der Waals surface area contributed by atoms with Gasteiger partial charge in [-0.15, -0.1) is 0 Å². The van der Waals surface area contributed by atoms with E-state index in [1.54, 1.807) is 12.4 Å². The molecule has 2 N–H and O–H groups in total. The Balaban J connectivity index is 2.15. The van der Waals surface area contributed by atoms with Gasteiger partial charge in [-0.05, 0) is 23.1 Å². The van der Waals surface area contributed by atoms with Gasteiger partial charge >= 0.3 is 0 Å². The highest BCUT2D eigenvalue weighted by atomic mass is 19.1. The van der Waals surface area contributed by atoms with E-state index < -0.39 is 17.7 Å². The lowest BCUT2D eigenvalue weighted by molar-refractivity contribution is 0.566. The highest BCUT2D eigenvalue weighted by Gasteiger charge is 2.16. The first-order chi connectivity index (χ1) is 9.66. The number of pyridine rings is 1. The lowest BCUT2D eigenvalue weighted by Crippen LogP contribution is -2.14. The number of hydrogen-bond donors (Lipinski definition) is 1. The smallest absolute Gasteiger partial charge is 0.131 e. The molecule has 1 heterocycles. The molecule has 0 spiro atoms. The van der Waals surface area contributed by atoms with Crippen molar-refractivity contribution >= 4 is 10.8 Å². The number of nitrogens with zero attached hydrogens (tertiary/aromatic N) is 1. The zero-order valence-electron chi connectivity index (χ0n) is 10.6. The average Bonchev–Trinajstić information content (AvgIpc) is 2.46. The van der Waals surface area contributed by atoms with E-state index in [-0.39, 0.29) is 5.56 Å². The van der Waals surface area contributed by atoms with Crippen LogP contribution in [-0.4, -0.2) is 4.98 Å². The van der Waals surface area contributed by atoms with Gasteiger partial charge in [0.15, 0.2) is 0 Å². The fourth-order valence-electron chi connectivity index (χ4n) is 2.33. The van der Waals surface area contributed by atoms with E-state index in [1.807, 2.05) is 24.3 Å². The number of nitrogens with two attached hydrogens (primary N) is 1. The molecule has 0 radical (unpaired) electrons. The van der Waals surface area contributed by atoms with Gasteiger partial charge in [0.2, 0.25) is 0 Å². The molecule has 0 aliphatic carbocycles. The zero-order valence-corrected chi connectivity index (χ0v) is 10.6. The van der Waals surface area contributed by atoms with Crippen LogP contribution < -0.4 is 5.73 Å². The summed E-state index contributed by atoms with van der Waals surface area (Å²) in [6.07, 6.45) is 3.39. The first-order valence-corrected chi connectivity index (χ1v) is 6.20. The van der Waals surface area contributed by atoms with Crippen LogP contribution in [0.5, 0.6) is 0 Å². The van der Waals surface area contributed by atoms with Crippen LogP contribution in [0.25, 0.3) is 10.8 Å². The maximum atomic E-state index is 13.9. The molecule has 3 aromatic rings. The van der Waals surface area contributed by atoms with Crippen LogP contribution in [0.3, 0.4) is 0 Å². The number of aromatic nitrogens is 1. The van der Waals surface area contributed by atoms with Crippen molar-refractivity contribution in [1.82, 2.24) is 4.98 Å². The van der Waals surface area contributed by atoms with E-state index in [9.17, 15) is 8.78 Å². The first-order valence-electron chi connectivity index (χ1n) is 6.20. The second-order valence-electron chi connectivity index (χ2n) is 4.59. The Morgan fingerprint density at radius 2 is 1.85 bits per heavy atom. The first kappa shape index (κ1) is 12.7. The molecule has 4 heteroatoms. The lowest BCUT2D eigenvalue weighted by Gasteiger charge is -2.15. The van der Waals surface area contributed by atoms with E-state index in [0.29, 0.717) is 0 Å². The molecule has 100 valence electrons. The molecular weight excluding hydrogens is 258 g/mol. The SMILES string of the molecule is NC(c1ccc(F)cc1F)c1cccc2ccncc12. The number of halogens is 2. The Labute approximate surface area is 114 Å². The van der Waals surface area contributed by atoms with Gasteiger partial charge in [0, 0.05) is 29.4 Å². The van der Waals surface area contributed by atoms with E-state index >= 15 is 0 Å². The molecule has 0 saturated heterocycles. The van der Waals surface area contributed by atoms with Gasteiger partial charge < -0.3 is 5.73 Å². The predicted molar refractivity (Wildman–Crippen MR) is 74.1 cm³/mol. The van der Waals surface area contributed by atoms with Crippen LogP contribution in [0.2, 0.25) is 0 Å². The second-order valence-corrected chi connectivity index (χ2v) is 4.59. The molecule has 1 unspecified atom stereocenters. The van der Waals surface area contributed by atoms with Gasteiger partial charge in [-0.1, -0.05) is 24.3 Å². The lowest BCUT2D eigenvalue weighted by atomic mass is 9.95. The number of fused-ring (bicyclic) bond motifs is 1. The molecule has 20 heavy (non-hydrogen) atoms. The number of hydrogen-bond acceptors (Lipinski definition) is 2. The highest BCUT2D eigenvalue weighted by Crippen LogP contribution is 2.28. The van der Waals surface area contributed by atoms with E-state index in [2.05, 4.69) is 4.98 Å². The third-order valence-electron chi connectivity index (χ3n) is 3.35. The molecule has 3 rings (SSSR count). The molecule has 0 bridgehead atoms. The zero-order chi connectivity index (χ0) is 14.1. The Morgan fingerprint density at radius 3 is 2.65 bits per heavy atom. The summed E-state index contributed by atoms with van der Waals surface area (Å²) < 4.78 is 26.8. The molecule has 1 aromatic heterocycles. The highest BCUT2D eigenvalue weighted by molar-refractivity contribution is 5.85. The quantitative estimate of drug-likeness (QED) is 0.773. The van der Waals surface area contributed by atoms with Crippen LogP contribution >= 0.6 is 0 Å². The fourth-order valence-corrected chi connectivity index (χ4v) is 2.33. The van der Waals surface area contributed by atoms with Crippen LogP contribution in [0.1, 0.15) is 17.2 Å². The second kappa shape index (κ2) is 4.98. The summed E-state index contributed by atoms with van der Waals surface area (Å²) >= 11 is 0. The molecule has 0 aliphatic heterocycles. The monoisotopic (exact) mass is 270 g/mol. The minimum Gasteiger partial charge on any atom is -0.320 e. The van der Waals surface area contributed by atoms with Crippen LogP contribution in [-0.2, 0) is 0 Å². The van der Waals surface area contributed by atoms with Crippen molar-refractivity contribution in [2.45, 2.75) is 6.04 Å². The summed E-state index contributed by atoms with van der Waals surface area (Å²) in [5.74, 6) is -1.25. The summed E-state index contributed by atoms with van der Waals surface area (Å²) in [6, 6.07) is 10.3. The standard InChI is InChI=1S/C16H12F2N2/c17-11-4-5-13(15(18)8-11)16(19)12-3-1-2-10-6-7-20-9-14(10)12/h1-9,16H,19H2. The third-order valence-corrected chi connectivity index (χ3v) is 3.35. The minimum atomic E-state index is -0.663. The van der Waals surface area contributed by atoms with Gasteiger partial charge in [0.25, 0.3) is 0 Å². The van der Waals surface area contributed by atoms with Crippen molar-refractivity contribution in [3.8, 4) is 0 Å². The van der Waals surface area contributed by atoms with Crippen molar-refractivity contribution in [1.29, 1.82) is 0 Å². The average molecular weight is 270 g/mol. The largest absolute Gasteiger partial charge is 0.320 e. The Hall–Kier alpha value is -2.33. The van der Waals surface area contributed by atoms with Crippen molar-refractivity contribution in [2.24, 2.45) is 5.73 Å². The molecule has 2 aromatic carbocycles. The Bertz CT molecular complexity index is 766. The van der Waals surface area contributed by atoms with Crippen molar-refractivity contribution in [3.63, 3.8) is 0 Å². The van der Waals surface area contributed by atoms with Gasteiger partial charge in [-0.2, -0.15) is 0 Å². The van der Waals surface area contributed by atoms with E-state index in [4.69, 9.17) is 5.73 Å². The van der Waals surface area contributed by atoms with Gasteiger partial charge in [0.1, 0.15) is 11.6 Å². The third kappa shape index (κ3) is 2.14. The Kier molecular flexibility index (Phi) is 3.16. The Morgan fingerprint density at radius 1 is 1.00 bits per heavy atom. The summed E-state index contributed by atoms with van der Waals surface area (Å²) in [4.78, 5) is 4.08. The molecule has 1 atom stereocenters. The molecular formula is C16H12F2N2. The normalized spacial score (nSPS) is 12.6. The summed E-state index contributed by atoms with van der Waals surface area (Å²) in [5.41, 5.74) is 7.17. The molecule has 2 nitrogen and oxygen atoms in total. The summed E-state index contributed by atoms with van der Waals surface area (Å²) in [7, 11) is 0.